The number of anilines is 1. The molecule has 72 valence electrons. The van der Waals surface area contributed by atoms with Gasteiger partial charge in [-0.05, 0) is 24.3 Å². The summed E-state index contributed by atoms with van der Waals surface area (Å²) >= 11 is 0. The average molecular weight is 194 g/mol. The van der Waals surface area contributed by atoms with Gasteiger partial charge in [0.05, 0.1) is 5.69 Å². The van der Waals surface area contributed by atoms with Crippen LogP contribution < -0.4 is 5.32 Å². The maximum absolute atomic E-state index is 5.00. The van der Waals surface area contributed by atoms with E-state index in [0.717, 1.165) is 5.69 Å². The van der Waals surface area contributed by atoms with Crippen molar-refractivity contribution in [2.45, 2.75) is 0 Å². The molecular weight excluding hydrogens is 184 g/mol. The van der Waals surface area contributed by atoms with Gasteiger partial charge >= 0.3 is 0 Å². The Morgan fingerprint density at radius 3 is 2.33 bits per heavy atom. The van der Waals surface area contributed by atoms with E-state index in [-0.39, 0.29) is 0 Å². The summed E-state index contributed by atoms with van der Waals surface area (Å²) < 4.78 is 0. The third-order valence-electron chi connectivity index (χ3n) is 1.96. The van der Waals surface area contributed by atoms with Gasteiger partial charge in [-0.3, -0.25) is 4.98 Å². The summed E-state index contributed by atoms with van der Waals surface area (Å²) in [5.41, 5.74) is 3.45. The molecule has 2 heteroatoms. The second-order valence-corrected chi connectivity index (χ2v) is 3.07. The quantitative estimate of drug-likeness (QED) is 0.476. The summed E-state index contributed by atoms with van der Waals surface area (Å²) in [6.07, 6.45) is 6.82. The molecule has 0 spiro atoms. The molecule has 2 aliphatic rings. The van der Waals surface area contributed by atoms with Gasteiger partial charge in [0.1, 0.15) is 0 Å². The predicted octanol–water partition coefficient (Wildman–Crippen LogP) is 2.75. The largest absolute Gasteiger partial charge is 0.315 e. The fraction of sp³-hybridized carbons (Fsp3) is 0. The van der Waals surface area contributed by atoms with Crippen LogP contribution in [0, 0.1) is 12.5 Å². The van der Waals surface area contributed by atoms with Crippen molar-refractivity contribution >= 4 is 5.69 Å². The lowest BCUT2D eigenvalue weighted by Gasteiger charge is -1.93. The maximum Gasteiger partial charge on any atom is 0.0710 e. The highest BCUT2D eigenvalue weighted by atomic mass is 14.8. The molecule has 0 unspecified atom stereocenters. The fourth-order valence-corrected chi connectivity index (χ4v) is 1.16. The van der Waals surface area contributed by atoms with Crippen LogP contribution in [0.3, 0.4) is 0 Å². The lowest BCUT2D eigenvalue weighted by Crippen LogP contribution is -1.83. The van der Waals surface area contributed by atoms with Crippen LogP contribution in [0.15, 0.2) is 48.7 Å². The Kier molecular flexibility index (Phi) is 2.66. The molecule has 0 atom stereocenters. The zero-order chi connectivity index (χ0) is 10.5. The van der Waals surface area contributed by atoms with Gasteiger partial charge < -0.3 is 5.32 Å². The lowest BCUT2D eigenvalue weighted by molar-refractivity contribution is 1.45. The highest BCUT2D eigenvalue weighted by Crippen LogP contribution is 2.29. The number of pyridine rings is 1. The summed E-state index contributed by atoms with van der Waals surface area (Å²) in [6, 6.07) is 16.0. The van der Waals surface area contributed by atoms with E-state index in [1.54, 1.807) is 0 Å². The Labute approximate surface area is 89.0 Å². The Hall–Kier alpha value is -2.27. The van der Waals surface area contributed by atoms with Crippen molar-refractivity contribution in [3.63, 3.8) is 0 Å². The van der Waals surface area contributed by atoms with Gasteiger partial charge in [-0.1, -0.05) is 24.6 Å². The monoisotopic (exact) mass is 194 g/mol. The molecule has 0 bridgehead atoms. The number of hydrogen-bond donors (Lipinski definition) is 1. The SMILES string of the molecule is C#CNc1ccccc1.c1cc2cc-2n1. The van der Waals surface area contributed by atoms with Gasteiger partial charge in [0.2, 0.25) is 0 Å². The highest BCUT2D eigenvalue weighted by Gasteiger charge is 2.09. The Bertz CT molecular complexity index is 466. The van der Waals surface area contributed by atoms with Crippen LogP contribution in [-0.2, 0) is 0 Å². The van der Waals surface area contributed by atoms with E-state index in [9.17, 15) is 0 Å². The van der Waals surface area contributed by atoms with Crippen molar-refractivity contribution < 1.29 is 0 Å². The smallest absolute Gasteiger partial charge is 0.0710 e. The summed E-state index contributed by atoms with van der Waals surface area (Å²) in [5, 5.41) is 2.74. The second-order valence-electron chi connectivity index (χ2n) is 3.07. The van der Waals surface area contributed by atoms with Gasteiger partial charge in [-0.2, -0.15) is 0 Å². The van der Waals surface area contributed by atoms with Gasteiger partial charge in [0.15, 0.2) is 0 Å². The molecule has 0 saturated carbocycles. The molecule has 1 N–H and O–H groups in total. The van der Waals surface area contributed by atoms with Crippen molar-refractivity contribution in [3.05, 3.63) is 48.7 Å². The van der Waals surface area contributed by atoms with Crippen molar-refractivity contribution in [2.75, 3.05) is 5.32 Å². The number of hydrogen-bond acceptors (Lipinski definition) is 2. The van der Waals surface area contributed by atoms with Gasteiger partial charge in [-0.15, -0.1) is 0 Å². The molecule has 2 nitrogen and oxygen atoms in total. The number of nitrogens with zero attached hydrogens (tertiary/aromatic N) is 1. The molecule has 15 heavy (non-hydrogen) atoms. The van der Waals surface area contributed by atoms with E-state index in [2.05, 4.69) is 22.4 Å². The Balaban J connectivity index is 0.000000121. The van der Waals surface area contributed by atoms with Crippen molar-refractivity contribution in [3.8, 4) is 23.7 Å². The minimum absolute atomic E-state index is 0.958. The zero-order valence-electron chi connectivity index (χ0n) is 8.14. The van der Waals surface area contributed by atoms with Crippen LogP contribution >= 0.6 is 0 Å². The third-order valence-corrected chi connectivity index (χ3v) is 1.96. The van der Waals surface area contributed by atoms with Gasteiger partial charge in [-0.25, -0.2) is 0 Å². The minimum Gasteiger partial charge on any atom is -0.315 e. The predicted molar refractivity (Wildman–Crippen MR) is 62.1 cm³/mol. The number of fused-ring (bicyclic) bond motifs is 1. The minimum atomic E-state index is 0.958. The van der Waals surface area contributed by atoms with E-state index in [0.29, 0.717) is 0 Å². The third kappa shape index (κ3) is 2.58. The first-order valence-electron chi connectivity index (χ1n) is 4.63. The standard InChI is InChI=1S/C8H7N.C5H3N/c1-2-9-8-6-4-3-5-7-8;1-2-6-5-3-4(1)5/h1,3-7,9H;1-3H. The van der Waals surface area contributed by atoms with E-state index in [4.69, 9.17) is 6.42 Å². The summed E-state index contributed by atoms with van der Waals surface area (Å²) in [6.45, 7) is 0. The van der Waals surface area contributed by atoms with Crippen LogP contribution in [0.2, 0.25) is 0 Å². The summed E-state index contributed by atoms with van der Waals surface area (Å²) in [5.74, 6) is 0. The zero-order valence-corrected chi connectivity index (χ0v) is 8.14. The molecule has 3 rings (SSSR count). The normalized spacial score (nSPS) is 9.27. The van der Waals surface area contributed by atoms with E-state index < -0.39 is 0 Å². The molecule has 0 fully saturated rings. The first kappa shape index (κ1) is 9.29. The number of para-hydroxylation sites is 1. The van der Waals surface area contributed by atoms with Crippen LogP contribution in [0.25, 0.3) is 11.3 Å². The Morgan fingerprint density at radius 1 is 1.13 bits per heavy atom. The van der Waals surface area contributed by atoms with Crippen LogP contribution in [-0.4, -0.2) is 4.98 Å². The van der Waals surface area contributed by atoms with Gasteiger partial charge in [0, 0.05) is 23.5 Å². The number of benzene rings is 1. The topological polar surface area (TPSA) is 24.9 Å². The first-order chi connectivity index (χ1) is 7.40. The number of nitrogens with one attached hydrogen (secondary N) is 1. The van der Waals surface area contributed by atoms with Crippen molar-refractivity contribution in [1.29, 1.82) is 0 Å². The van der Waals surface area contributed by atoms with Crippen LogP contribution in [0.1, 0.15) is 0 Å². The molecule has 0 saturated heterocycles. The van der Waals surface area contributed by atoms with Crippen molar-refractivity contribution in [1.82, 2.24) is 4.98 Å². The number of terminal acetylenes is 1. The molecule has 1 aromatic rings. The summed E-state index contributed by atoms with van der Waals surface area (Å²) in [7, 11) is 0. The van der Waals surface area contributed by atoms with E-state index >= 15 is 0 Å². The summed E-state index contributed by atoms with van der Waals surface area (Å²) in [4.78, 5) is 3.95. The molecule has 1 aromatic carbocycles. The average Bonchev–Trinajstić information content (AvgIpc) is 2.89. The number of aromatic nitrogens is 1. The molecular formula is C13H10N2. The fourth-order valence-electron chi connectivity index (χ4n) is 1.16. The Morgan fingerprint density at radius 2 is 1.93 bits per heavy atom. The van der Waals surface area contributed by atoms with Crippen molar-refractivity contribution in [2.24, 2.45) is 0 Å². The maximum atomic E-state index is 5.00. The first-order valence-corrected chi connectivity index (χ1v) is 4.63. The molecule has 1 aliphatic carbocycles. The lowest BCUT2D eigenvalue weighted by atomic mass is 10.3. The molecule has 1 heterocycles. The number of rotatable bonds is 1. The second kappa shape index (κ2) is 4.30. The van der Waals surface area contributed by atoms with Crippen LogP contribution in [0.5, 0.6) is 0 Å². The van der Waals surface area contributed by atoms with Crippen LogP contribution in [0.4, 0.5) is 5.69 Å². The molecule has 0 radical (unpaired) electrons. The molecule has 1 aliphatic heterocycles. The van der Waals surface area contributed by atoms with Gasteiger partial charge in [0.25, 0.3) is 0 Å². The van der Waals surface area contributed by atoms with E-state index in [1.807, 2.05) is 42.6 Å². The highest BCUT2D eigenvalue weighted by molar-refractivity contribution is 5.75. The molecule has 0 aromatic heterocycles. The molecule has 0 amide bonds. The van der Waals surface area contributed by atoms with E-state index in [1.165, 1.54) is 11.3 Å².